The van der Waals surface area contributed by atoms with E-state index in [1.54, 1.807) is 6.08 Å². The monoisotopic (exact) mass is 415 g/mol. The highest BCUT2D eigenvalue weighted by molar-refractivity contribution is 7.90. The zero-order valence-corrected chi connectivity index (χ0v) is 18.2. The number of para-hydroxylation sites is 1. The zero-order chi connectivity index (χ0) is 21.0. The van der Waals surface area contributed by atoms with E-state index in [1.165, 1.54) is 6.26 Å². The third-order valence-electron chi connectivity index (χ3n) is 5.35. The van der Waals surface area contributed by atoms with Crippen LogP contribution in [0.2, 0.25) is 0 Å². The normalized spacial score (nSPS) is 15.9. The van der Waals surface area contributed by atoms with Gasteiger partial charge in [-0.15, -0.1) is 0 Å². The smallest absolute Gasteiger partial charge is 0.246 e. The molecule has 1 fully saturated rings. The lowest BCUT2D eigenvalue weighted by Gasteiger charge is -2.34. The van der Waals surface area contributed by atoms with Gasteiger partial charge in [-0.25, -0.2) is 8.42 Å². The third-order valence-corrected chi connectivity index (χ3v) is 6.28. The van der Waals surface area contributed by atoms with Gasteiger partial charge in [0.25, 0.3) is 0 Å². The molecule has 1 saturated heterocycles. The number of rotatable bonds is 6. The lowest BCUT2D eigenvalue weighted by molar-refractivity contribution is -0.127. The van der Waals surface area contributed by atoms with Crippen LogP contribution in [-0.4, -0.2) is 73.4 Å². The highest BCUT2D eigenvalue weighted by Gasteiger charge is 2.20. The van der Waals surface area contributed by atoms with Crippen LogP contribution in [0.1, 0.15) is 17.0 Å². The van der Waals surface area contributed by atoms with Crippen molar-refractivity contribution in [2.75, 3.05) is 44.7 Å². The number of aryl methyl sites for hydroxylation is 1. The van der Waals surface area contributed by atoms with Crippen molar-refractivity contribution >= 4 is 21.8 Å². The molecule has 1 aliphatic heterocycles. The Kier molecular flexibility index (Phi) is 6.59. The Balaban J connectivity index is 1.61. The van der Waals surface area contributed by atoms with Crippen molar-refractivity contribution in [3.8, 4) is 5.69 Å². The Morgan fingerprint density at radius 2 is 1.72 bits per heavy atom. The molecule has 2 heterocycles. The van der Waals surface area contributed by atoms with Gasteiger partial charge < -0.3 is 9.47 Å². The average molecular weight is 416 g/mol. The van der Waals surface area contributed by atoms with Gasteiger partial charge in [0.05, 0.1) is 5.75 Å². The quantitative estimate of drug-likeness (QED) is 0.679. The molecule has 156 valence electrons. The number of piperazine rings is 1. The number of benzene rings is 1. The predicted octanol–water partition coefficient (Wildman–Crippen LogP) is 2.30. The lowest BCUT2D eigenvalue weighted by atomic mass is 10.2. The topological polar surface area (TPSA) is 62.6 Å². The molecule has 0 saturated carbocycles. The van der Waals surface area contributed by atoms with Gasteiger partial charge in [0.15, 0.2) is 0 Å². The van der Waals surface area contributed by atoms with Crippen molar-refractivity contribution < 1.29 is 13.2 Å². The Bertz CT molecular complexity index is 986. The van der Waals surface area contributed by atoms with E-state index in [0.717, 1.165) is 22.6 Å². The van der Waals surface area contributed by atoms with Crippen molar-refractivity contribution in [2.45, 2.75) is 13.8 Å². The molecule has 3 rings (SSSR count). The fourth-order valence-electron chi connectivity index (χ4n) is 3.68. The largest absolute Gasteiger partial charge is 0.337 e. The summed E-state index contributed by atoms with van der Waals surface area (Å²) in [5, 5.41) is 0. The first-order valence-electron chi connectivity index (χ1n) is 9.86. The maximum Gasteiger partial charge on any atom is 0.246 e. The van der Waals surface area contributed by atoms with Crippen molar-refractivity contribution in [3.05, 3.63) is 59.4 Å². The predicted molar refractivity (Wildman–Crippen MR) is 117 cm³/mol. The standard InChI is InChI=1S/C22H29N3O3S/c1-18-17-20(19(2)25(18)21-7-5-4-6-8-21)9-10-22(26)24-13-11-23(12-14-24)15-16-29(3,27)28/h4-10,17H,11-16H2,1-3H3/b10-9+. The molecule has 1 amide bonds. The van der Waals surface area contributed by atoms with Crippen LogP contribution in [-0.2, 0) is 14.6 Å². The maximum atomic E-state index is 12.6. The molecule has 1 aliphatic rings. The van der Waals surface area contributed by atoms with Gasteiger partial charge in [0, 0.05) is 62.1 Å². The molecule has 0 bridgehead atoms. The third kappa shape index (κ3) is 5.58. The molecule has 6 nitrogen and oxygen atoms in total. The molecule has 1 aromatic heterocycles. The summed E-state index contributed by atoms with van der Waals surface area (Å²) in [6, 6.07) is 12.3. The second-order valence-corrected chi connectivity index (χ2v) is 9.89. The minimum absolute atomic E-state index is 0.00252. The molecular weight excluding hydrogens is 386 g/mol. The first kappa shape index (κ1) is 21.3. The van der Waals surface area contributed by atoms with Gasteiger partial charge in [-0.1, -0.05) is 18.2 Å². The number of amides is 1. The summed E-state index contributed by atoms with van der Waals surface area (Å²) in [4.78, 5) is 16.5. The van der Waals surface area contributed by atoms with Crippen LogP contribution in [0.3, 0.4) is 0 Å². The summed E-state index contributed by atoms with van der Waals surface area (Å²) < 4.78 is 24.8. The zero-order valence-electron chi connectivity index (χ0n) is 17.3. The van der Waals surface area contributed by atoms with Crippen LogP contribution in [0.25, 0.3) is 11.8 Å². The molecule has 0 radical (unpaired) electrons. The van der Waals surface area contributed by atoms with Crippen molar-refractivity contribution in [1.82, 2.24) is 14.4 Å². The first-order chi connectivity index (χ1) is 13.7. The van der Waals surface area contributed by atoms with Gasteiger partial charge in [-0.2, -0.15) is 0 Å². The van der Waals surface area contributed by atoms with Gasteiger partial charge in [-0.05, 0) is 43.7 Å². The van der Waals surface area contributed by atoms with Crippen LogP contribution >= 0.6 is 0 Å². The van der Waals surface area contributed by atoms with Gasteiger partial charge >= 0.3 is 0 Å². The maximum absolute atomic E-state index is 12.6. The molecule has 29 heavy (non-hydrogen) atoms. The Morgan fingerprint density at radius 1 is 1.07 bits per heavy atom. The fraction of sp³-hybridized carbons (Fsp3) is 0.409. The molecular formula is C22H29N3O3S. The van der Waals surface area contributed by atoms with E-state index < -0.39 is 9.84 Å². The average Bonchev–Trinajstić information content (AvgIpc) is 2.98. The molecule has 1 aromatic carbocycles. The fourth-order valence-corrected chi connectivity index (χ4v) is 4.27. The summed E-state index contributed by atoms with van der Waals surface area (Å²) in [6.07, 6.45) is 4.79. The van der Waals surface area contributed by atoms with Crippen LogP contribution in [0, 0.1) is 13.8 Å². The molecule has 0 atom stereocenters. The molecule has 2 aromatic rings. The molecule has 0 unspecified atom stereocenters. The van der Waals surface area contributed by atoms with E-state index in [1.807, 2.05) is 29.2 Å². The van der Waals surface area contributed by atoms with Crippen molar-refractivity contribution in [1.29, 1.82) is 0 Å². The number of carbonyl (C=O) groups excluding carboxylic acids is 1. The minimum Gasteiger partial charge on any atom is -0.337 e. The minimum atomic E-state index is -2.95. The van der Waals surface area contributed by atoms with Crippen molar-refractivity contribution in [3.63, 3.8) is 0 Å². The summed E-state index contributed by atoms with van der Waals surface area (Å²) in [5.41, 5.74) is 4.37. The Labute approximate surface area is 173 Å². The van der Waals surface area contributed by atoms with E-state index in [4.69, 9.17) is 0 Å². The molecule has 7 heteroatoms. The number of hydrogen-bond donors (Lipinski definition) is 0. The summed E-state index contributed by atoms with van der Waals surface area (Å²) >= 11 is 0. The highest BCUT2D eigenvalue weighted by Crippen LogP contribution is 2.21. The molecule has 0 aliphatic carbocycles. The first-order valence-corrected chi connectivity index (χ1v) is 11.9. The highest BCUT2D eigenvalue weighted by atomic mass is 32.2. The molecule has 0 N–H and O–H groups in total. The van der Waals surface area contributed by atoms with Gasteiger partial charge in [0.1, 0.15) is 9.84 Å². The summed E-state index contributed by atoms with van der Waals surface area (Å²) in [6.45, 7) is 7.31. The van der Waals surface area contributed by atoms with Crippen molar-refractivity contribution in [2.24, 2.45) is 0 Å². The van der Waals surface area contributed by atoms with Crippen LogP contribution in [0.15, 0.2) is 42.5 Å². The number of nitrogens with zero attached hydrogens (tertiary/aromatic N) is 3. The van der Waals surface area contributed by atoms with E-state index in [9.17, 15) is 13.2 Å². The summed E-state index contributed by atoms with van der Waals surface area (Å²) in [7, 11) is -2.95. The number of hydrogen-bond acceptors (Lipinski definition) is 4. The van der Waals surface area contributed by atoms with E-state index in [-0.39, 0.29) is 11.7 Å². The Hall–Kier alpha value is -2.38. The van der Waals surface area contributed by atoms with Crippen LogP contribution in [0.4, 0.5) is 0 Å². The SMILES string of the molecule is Cc1cc(/C=C/C(=O)N2CCN(CCS(C)(=O)=O)CC2)c(C)n1-c1ccccc1. The number of aromatic nitrogens is 1. The lowest BCUT2D eigenvalue weighted by Crippen LogP contribution is -2.49. The summed E-state index contributed by atoms with van der Waals surface area (Å²) in [5.74, 6) is 0.162. The second-order valence-electron chi connectivity index (χ2n) is 7.63. The number of sulfone groups is 1. The van der Waals surface area contributed by atoms with Gasteiger partial charge in [-0.3, -0.25) is 9.69 Å². The van der Waals surface area contributed by atoms with Crippen LogP contribution < -0.4 is 0 Å². The second kappa shape index (κ2) is 8.97. The van der Waals surface area contributed by atoms with E-state index in [0.29, 0.717) is 32.7 Å². The molecule has 0 spiro atoms. The van der Waals surface area contributed by atoms with E-state index in [2.05, 4.69) is 41.5 Å². The van der Waals surface area contributed by atoms with Gasteiger partial charge in [0.2, 0.25) is 5.91 Å². The number of carbonyl (C=O) groups is 1. The van der Waals surface area contributed by atoms with E-state index >= 15 is 0 Å². The van der Waals surface area contributed by atoms with Crippen LogP contribution in [0.5, 0.6) is 0 Å². The Morgan fingerprint density at radius 3 is 2.34 bits per heavy atom.